The van der Waals surface area contributed by atoms with Gasteiger partial charge in [-0.1, -0.05) is 24.3 Å². The zero-order valence-electron chi connectivity index (χ0n) is 14.6. The van der Waals surface area contributed by atoms with Crippen molar-refractivity contribution in [3.8, 4) is 5.75 Å². The van der Waals surface area contributed by atoms with Gasteiger partial charge in [0, 0.05) is 0 Å². The Labute approximate surface area is 153 Å². The van der Waals surface area contributed by atoms with Crippen molar-refractivity contribution in [2.24, 2.45) is 5.14 Å². The van der Waals surface area contributed by atoms with Crippen LogP contribution in [-0.4, -0.2) is 34.0 Å². The minimum Gasteiger partial charge on any atom is -0.492 e. The van der Waals surface area contributed by atoms with Crippen molar-refractivity contribution in [3.05, 3.63) is 54.1 Å². The molecule has 0 atom stereocenters. The molecule has 2 rings (SSSR count). The number of hydrogen-bond acceptors (Lipinski definition) is 5. The number of carbonyl (C=O) groups is 1. The standard InChI is InChI=1S/C18H23N3O4S/c1-2-25-17-6-4-3-5-16(17)21-18(22)13-20-12-11-14-7-9-15(10-8-14)26(19,23)24/h3-10,20H,2,11-13H2,1H3,(H,21,22)(H2,19,23,24). The number of benzene rings is 2. The van der Waals surface area contributed by atoms with E-state index >= 15 is 0 Å². The van der Waals surface area contributed by atoms with Crippen LogP contribution in [0.3, 0.4) is 0 Å². The van der Waals surface area contributed by atoms with E-state index < -0.39 is 10.0 Å². The molecule has 0 aliphatic carbocycles. The van der Waals surface area contributed by atoms with Gasteiger partial charge in [-0.15, -0.1) is 0 Å². The maximum absolute atomic E-state index is 12.0. The number of ether oxygens (including phenoxy) is 1. The van der Waals surface area contributed by atoms with Crippen LogP contribution in [0.4, 0.5) is 5.69 Å². The third-order valence-corrected chi connectivity index (χ3v) is 4.52. The van der Waals surface area contributed by atoms with Crippen molar-refractivity contribution in [2.75, 3.05) is 25.0 Å². The summed E-state index contributed by atoms with van der Waals surface area (Å²) < 4.78 is 27.9. The Hall–Kier alpha value is -2.42. The summed E-state index contributed by atoms with van der Waals surface area (Å²) >= 11 is 0. The van der Waals surface area contributed by atoms with Crippen molar-refractivity contribution in [2.45, 2.75) is 18.2 Å². The normalized spacial score (nSPS) is 11.2. The van der Waals surface area contributed by atoms with Crippen molar-refractivity contribution >= 4 is 21.6 Å². The van der Waals surface area contributed by atoms with Crippen LogP contribution in [0.5, 0.6) is 5.75 Å². The highest BCUT2D eigenvalue weighted by Gasteiger charge is 2.08. The Morgan fingerprint density at radius 3 is 2.46 bits per heavy atom. The van der Waals surface area contributed by atoms with Crippen LogP contribution >= 0.6 is 0 Å². The molecule has 0 fully saturated rings. The van der Waals surface area contributed by atoms with Crippen molar-refractivity contribution in [3.63, 3.8) is 0 Å². The quantitative estimate of drug-likeness (QED) is 0.574. The Bertz CT molecular complexity index is 836. The maximum atomic E-state index is 12.0. The summed E-state index contributed by atoms with van der Waals surface area (Å²) in [7, 11) is -3.67. The predicted octanol–water partition coefficient (Wildman–Crippen LogP) is 1.50. The Morgan fingerprint density at radius 1 is 1.12 bits per heavy atom. The van der Waals surface area contributed by atoms with Gasteiger partial charge in [-0.3, -0.25) is 4.79 Å². The predicted molar refractivity (Wildman–Crippen MR) is 101 cm³/mol. The third-order valence-electron chi connectivity index (χ3n) is 3.59. The van der Waals surface area contributed by atoms with E-state index in [1.54, 1.807) is 24.3 Å². The molecule has 0 spiro atoms. The van der Waals surface area contributed by atoms with E-state index in [4.69, 9.17) is 9.88 Å². The first-order valence-electron chi connectivity index (χ1n) is 8.24. The highest BCUT2D eigenvalue weighted by atomic mass is 32.2. The third kappa shape index (κ3) is 6.14. The SMILES string of the molecule is CCOc1ccccc1NC(=O)CNCCc1ccc(S(N)(=O)=O)cc1. The summed E-state index contributed by atoms with van der Waals surface area (Å²) in [6.45, 7) is 3.15. The van der Waals surface area contributed by atoms with Gasteiger partial charge in [0.15, 0.2) is 0 Å². The molecular formula is C18H23N3O4S. The zero-order chi connectivity index (χ0) is 19.0. The van der Waals surface area contributed by atoms with Gasteiger partial charge in [-0.2, -0.15) is 0 Å². The van der Waals surface area contributed by atoms with Gasteiger partial charge in [0.25, 0.3) is 0 Å². The van der Waals surface area contributed by atoms with E-state index in [1.165, 1.54) is 12.1 Å². The molecule has 7 nitrogen and oxygen atoms in total. The fourth-order valence-electron chi connectivity index (χ4n) is 2.33. The number of rotatable bonds is 9. The largest absolute Gasteiger partial charge is 0.492 e. The van der Waals surface area contributed by atoms with E-state index in [-0.39, 0.29) is 17.3 Å². The molecule has 2 aromatic rings. The maximum Gasteiger partial charge on any atom is 0.238 e. The number of anilines is 1. The Morgan fingerprint density at radius 2 is 1.81 bits per heavy atom. The van der Waals surface area contributed by atoms with E-state index in [0.717, 1.165) is 5.56 Å². The molecule has 2 aromatic carbocycles. The van der Waals surface area contributed by atoms with Crippen LogP contribution in [0.25, 0.3) is 0 Å². The van der Waals surface area contributed by atoms with Gasteiger partial charge in [-0.25, -0.2) is 13.6 Å². The minimum absolute atomic E-state index is 0.0848. The lowest BCUT2D eigenvalue weighted by atomic mass is 10.1. The lowest BCUT2D eigenvalue weighted by Gasteiger charge is -2.11. The Kier molecular flexibility index (Phi) is 7.14. The summed E-state index contributed by atoms with van der Waals surface area (Å²) in [4.78, 5) is 12.1. The molecule has 0 bridgehead atoms. The summed E-state index contributed by atoms with van der Waals surface area (Å²) in [6.07, 6.45) is 0.660. The fraction of sp³-hybridized carbons (Fsp3) is 0.278. The average molecular weight is 377 g/mol. The minimum atomic E-state index is -3.67. The van der Waals surface area contributed by atoms with Gasteiger partial charge >= 0.3 is 0 Å². The molecule has 0 aromatic heterocycles. The first-order valence-corrected chi connectivity index (χ1v) is 9.79. The van der Waals surface area contributed by atoms with Gasteiger partial charge in [0.2, 0.25) is 15.9 Å². The molecule has 0 saturated carbocycles. The van der Waals surface area contributed by atoms with E-state index in [0.29, 0.717) is 31.0 Å². The van der Waals surface area contributed by atoms with Gasteiger partial charge in [-0.05, 0) is 49.7 Å². The van der Waals surface area contributed by atoms with E-state index in [1.807, 2.05) is 19.1 Å². The van der Waals surface area contributed by atoms with Gasteiger partial charge in [0.05, 0.1) is 23.7 Å². The molecule has 0 unspecified atom stereocenters. The molecule has 0 heterocycles. The molecule has 8 heteroatoms. The number of para-hydroxylation sites is 2. The first-order chi connectivity index (χ1) is 12.4. The molecule has 26 heavy (non-hydrogen) atoms. The number of nitrogens with one attached hydrogen (secondary N) is 2. The van der Waals surface area contributed by atoms with E-state index in [9.17, 15) is 13.2 Å². The number of amides is 1. The number of nitrogens with two attached hydrogens (primary N) is 1. The van der Waals surface area contributed by atoms with Gasteiger partial charge < -0.3 is 15.4 Å². The second kappa shape index (κ2) is 9.33. The fourth-order valence-corrected chi connectivity index (χ4v) is 2.84. The number of primary sulfonamides is 1. The number of sulfonamides is 1. The molecule has 1 amide bonds. The molecule has 0 radical (unpaired) electrons. The lowest BCUT2D eigenvalue weighted by Crippen LogP contribution is -2.29. The van der Waals surface area contributed by atoms with Crippen LogP contribution in [0.2, 0.25) is 0 Å². The molecular weight excluding hydrogens is 354 g/mol. The summed E-state index contributed by atoms with van der Waals surface area (Å²) in [5, 5.41) is 10.9. The van der Waals surface area contributed by atoms with Crippen LogP contribution in [0.1, 0.15) is 12.5 Å². The first kappa shape index (κ1) is 19.9. The van der Waals surface area contributed by atoms with Crippen LogP contribution in [0.15, 0.2) is 53.4 Å². The lowest BCUT2D eigenvalue weighted by molar-refractivity contribution is -0.115. The summed E-state index contributed by atoms with van der Waals surface area (Å²) in [5.41, 5.74) is 1.59. The molecule has 0 aliphatic rings. The number of hydrogen-bond donors (Lipinski definition) is 3. The van der Waals surface area contributed by atoms with Crippen molar-refractivity contribution in [1.29, 1.82) is 0 Å². The smallest absolute Gasteiger partial charge is 0.238 e. The number of carbonyl (C=O) groups excluding carboxylic acids is 1. The highest BCUT2D eigenvalue weighted by Crippen LogP contribution is 2.23. The monoisotopic (exact) mass is 377 g/mol. The average Bonchev–Trinajstić information content (AvgIpc) is 2.60. The van der Waals surface area contributed by atoms with Gasteiger partial charge in [0.1, 0.15) is 5.75 Å². The van der Waals surface area contributed by atoms with Crippen LogP contribution < -0.4 is 20.5 Å². The van der Waals surface area contributed by atoms with Crippen molar-refractivity contribution in [1.82, 2.24) is 5.32 Å². The highest BCUT2D eigenvalue weighted by molar-refractivity contribution is 7.89. The molecule has 0 aliphatic heterocycles. The summed E-state index contributed by atoms with van der Waals surface area (Å²) in [6, 6.07) is 13.6. The van der Waals surface area contributed by atoms with Crippen LogP contribution in [0, 0.1) is 0 Å². The van der Waals surface area contributed by atoms with Crippen LogP contribution in [-0.2, 0) is 21.2 Å². The molecule has 140 valence electrons. The second-order valence-corrected chi connectivity index (χ2v) is 7.15. The Balaban J connectivity index is 1.77. The zero-order valence-corrected chi connectivity index (χ0v) is 15.4. The van der Waals surface area contributed by atoms with E-state index in [2.05, 4.69) is 10.6 Å². The molecule has 4 N–H and O–H groups in total. The second-order valence-electron chi connectivity index (χ2n) is 5.59. The topological polar surface area (TPSA) is 111 Å². The van der Waals surface area contributed by atoms with Crippen molar-refractivity contribution < 1.29 is 17.9 Å². The molecule has 0 saturated heterocycles. The summed E-state index contributed by atoms with van der Waals surface area (Å²) in [5.74, 6) is 0.472.